The Morgan fingerprint density at radius 3 is 2.61 bits per heavy atom. The number of aromatic nitrogens is 1. The van der Waals surface area contributed by atoms with E-state index in [-0.39, 0.29) is 23.7 Å². The standard InChI is InChI=1S/C25H18BrClFNO4/c1-14-2-6-23(29(14)19-8-16(25(31)32)9-20(30)12-19)21-11-18(27)5-7-24(21)33-13-15-3-4-17(26)10-22(15)28/h2-12,30H,13H2,1H3,(H,31,32). The molecule has 0 bridgehead atoms. The molecular weight excluding hydrogens is 513 g/mol. The molecule has 3 aromatic carbocycles. The van der Waals surface area contributed by atoms with Crippen molar-refractivity contribution in [2.45, 2.75) is 13.5 Å². The van der Waals surface area contributed by atoms with Gasteiger partial charge < -0.3 is 19.5 Å². The summed E-state index contributed by atoms with van der Waals surface area (Å²) < 4.78 is 22.7. The van der Waals surface area contributed by atoms with Gasteiger partial charge in [-0.15, -0.1) is 0 Å². The van der Waals surface area contributed by atoms with Gasteiger partial charge in [-0.05, 0) is 61.5 Å². The summed E-state index contributed by atoms with van der Waals surface area (Å²) in [6, 6.07) is 17.7. The van der Waals surface area contributed by atoms with Crippen LogP contribution in [0.15, 0.2) is 71.2 Å². The van der Waals surface area contributed by atoms with E-state index in [9.17, 15) is 19.4 Å². The summed E-state index contributed by atoms with van der Waals surface area (Å²) in [5.74, 6) is -1.24. The van der Waals surface area contributed by atoms with Crippen molar-refractivity contribution in [3.05, 3.63) is 98.9 Å². The van der Waals surface area contributed by atoms with Crippen molar-refractivity contribution >= 4 is 33.5 Å². The van der Waals surface area contributed by atoms with Gasteiger partial charge >= 0.3 is 5.97 Å². The van der Waals surface area contributed by atoms with E-state index in [0.717, 1.165) is 5.69 Å². The Labute approximate surface area is 202 Å². The number of aromatic carboxylic acids is 1. The van der Waals surface area contributed by atoms with Gasteiger partial charge in [0.1, 0.15) is 23.9 Å². The fourth-order valence-corrected chi connectivity index (χ4v) is 4.07. The molecule has 0 saturated carbocycles. The fraction of sp³-hybridized carbons (Fsp3) is 0.0800. The number of phenols is 1. The van der Waals surface area contributed by atoms with Crippen LogP contribution < -0.4 is 4.74 Å². The Balaban J connectivity index is 1.78. The molecule has 8 heteroatoms. The molecule has 4 rings (SSSR count). The molecule has 0 saturated heterocycles. The van der Waals surface area contributed by atoms with Gasteiger partial charge in [0.25, 0.3) is 0 Å². The van der Waals surface area contributed by atoms with Crippen LogP contribution in [-0.4, -0.2) is 20.7 Å². The van der Waals surface area contributed by atoms with Crippen LogP contribution in [0.4, 0.5) is 4.39 Å². The summed E-state index contributed by atoms with van der Waals surface area (Å²) in [5, 5.41) is 20.0. The van der Waals surface area contributed by atoms with Crippen molar-refractivity contribution < 1.29 is 24.1 Å². The summed E-state index contributed by atoms with van der Waals surface area (Å²) in [6.07, 6.45) is 0. The summed E-state index contributed by atoms with van der Waals surface area (Å²) in [6.45, 7) is 1.86. The number of carboxylic acids is 1. The summed E-state index contributed by atoms with van der Waals surface area (Å²) in [5.41, 5.74) is 2.92. The van der Waals surface area contributed by atoms with Crippen LogP contribution in [0.1, 0.15) is 21.6 Å². The second-order valence-electron chi connectivity index (χ2n) is 7.40. The quantitative estimate of drug-likeness (QED) is 0.282. The zero-order valence-corrected chi connectivity index (χ0v) is 19.7. The van der Waals surface area contributed by atoms with E-state index in [1.54, 1.807) is 34.9 Å². The number of hydrogen-bond donors (Lipinski definition) is 2. The van der Waals surface area contributed by atoms with Crippen LogP contribution in [0.3, 0.4) is 0 Å². The maximum atomic E-state index is 14.3. The second-order valence-corrected chi connectivity index (χ2v) is 8.76. The molecule has 1 heterocycles. The Kier molecular flexibility index (Phi) is 6.44. The van der Waals surface area contributed by atoms with Gasteiger partial charge in [0.05, 0.1) is 16.9 Å². The molecule has 0 aliphatic carbocycles. The van der Waals surface area contributed by atoms with E-state index in [0.29, 0.717) is 37.8 Å². The van der Waals surface area contributed by atoms with Crippen LogP contribution in [0.25, 0.3) is 16.9 Å². The molecule has 0 aliphatic heterocycles. The number of ether oxygens (including phenoxy) is 1. The smallest absolute Gasteiger partial charge is 0.335 e. The topological polar surface area (TPSA) is 71.7 Å². The van der Waals surface area contributed by atoms with E-state index in [1.807, 2.05) is 19.1 Å². The van der Waals surface area contributed by atoms with Crippen molar-refractivity contribution in [2.24, 2.45) is 0 Å². The molecule has 0 atom stereocenters. The number of nitrogens with zero attached hydrogens (tertiary/aromatic N) is 1. The normalized spacial score (nSPS) is 10.9. The molecule has 0 fully saturated rings. The number of phenolic OH excluding ortho intramolecular Hbond substituents is 1. The van der Waals surface area contributed by atoms with Crippen LogP contribution in [0, 0.1) is 12.7 Å². The van der Waals surface area contributed by atoms with Crippen molar-refractivity contribution in [3.8, 4) is 28.4 Å². The minimum Gasteiger partial charge on any atom is -0.508 e. The molecule has 1 aromatic heterocycles. The molecule has 33 heavy (non-hydrogen) atoms. The first-order valence-corrected chi connectivity index (χ1v) is 11.0. The highest BCUT2D eigenvalue weighted by atomic mass is 79.9. The lowest BCUT2D eigenvalue weighted by molar-refractivity contribution is 0.0696. The third-order valence-electron chi connectivity index (χ3n) is 5.10. The number of rotatable bonds is 6. The monoisotopic (exact) mass is 529 g/mol. The van der Waals surface area contributed by atoms with Gasteiger partial charge in [0, 0.05) is 32.4 Å². The molecule has 0 radical (unpaired) electrons. The number of benzene rings is 3. The molecule has 0 unspecified atom stereocenters. The summed E-state index contributed by atoms with van der Waals surface area (Å²) in [4.78, 5) is 11.5. The number of halogens is 3. The van der Waals surface area contributed by atoms with Crippen LogP contribution >= 0.6 is 27.5 Å². The predicted molar refractivity (Wildman–Crippen MR) is 128 cm³/mol. The van der Waals surface area contributed by atoms with Crippen LogP contribution in [0.5, 0.6) is 11.5 Å². The van der Waals surface area contributed by atoms with E-state index in [1.165, 1.54) is 24.3 Å². The van der Waals surface area contributed by atoms with Crippen molar-refractivity contribution in [1.29, 1.82) is 0 Å². The zero-order valence-electron chi connectivity index (χ0n) is 17.3. The van der Waals surface area contributed by atoms with Crippen molar-refractivity contribution in [1.82, 2.24) is 4.57 Å². The second kappa shape index (κ2) is 9.29. The highest BCUT2D eigenvalue weighted by Gasteiger charge is 2.17. The van der Waals surface area contributed by atoms with Crippen molar-refractivity contribution in [3.63, 3.8) is 0 Å². The van der Waals surface area contributed by atoms with Gasteiger partial charge in [0.2, 0.25) is 0 Å². The third kappa shape index (κ3) is 4.89. The lowest BCUT2D eigenvalue weighted by Crippen LogP contribution is -2.04. The third-order valence-corrected chi connectivity index (χ3v) is 5.83. The molecular formula is C25H18BrClFNO4. The molecule has 5 nitrogen and oxygen atoms in total. The largest absolute Gasteiger partial charge is 0.508 e. The molecule has 0 spiro atoms. The number of aromatic hydroxyl groups is 1. The van der Waals surface area contributed by atoms with E-state index in [4.69, 9.17) is 16.3 Å². The van der Waals surface area contributed by atoms with E-state index >= 15 is 0 Å². The van der Waals surface area contributed by atoms with Gasteiger partial charge in [-0.25, -0.2) is 9.18 Å². The first-order chi connectivity index (χ1) is 15.7. The van der Waals surface area contributed by atoms with Gasteiger partial charge in [-0.1, -0.05) is 33.6 Å². The first-order valence-electron chi connectivity index (χ1n) is 9.85. The van der Waals surface area contributed by atoms with Crippen LogP contribution in [0.2, 0.25) is 5.02 Å². The minimum atomic E-state index is -1.15. The highest BCUT2D eigenvalue weighted by molar-refractivity contribution is 9.10. The first kappa shape index (κ1) is 22.9. The highest BCUT2D eigenvalue weighted by Crippen LogP contribution is 2.37. The van der Waals surface area contributed by atoms with Gasteiger partial charge in [0.15, 0.2) is 0 Å². The Bertz CT molecular complexity index is 1370. The molecule has 168 valence electrons. The average Bonchev–Trinajstić information content (AvgIpc) is 3.14. The fourth-order valence-electron chi connectivity index (χ4n) is 3.56. The Hall–Kier alpha value is -3.29. The predicted octanol–water partition coefficient (Wildman–Crippen LogP) is 6.99. The maximum Gasteiger partial charge on any atom is 0.335 e. The van der Waals surface area contributed by atoms with E-state index < -0.39 is 5.97 Å². The number of carbonyl (C=O) groups is 1. The number of carboxylic acid groups (broad SMARTS) is 1. The lowest BCUT2D eigenvalue weighted by atomic mass is 10.1. The Morgan fingerprint density at radius 2 is 1.88 bits per heavy atom. The van der Waals surface area contributed by atoms with Gasteiger partial charge in [-0.3, -0.25) is 0 Å². The molecule has 0 aliphatic rings. The van der Waals surface area contributed by atoms with E-state index in [2.05, 4.69) is 15.9 Å². The molecule has 0 amide bonds. The van der Waals surface area contributed by atoms with Gasteiger partial charge in [-0.2, -0.15) is 0 Å². The summed E-state index contributed by atoms with van der Waals surface area (Å²) >= 11 is 9.52. The lowest BCUT2D eigenvalue weighted by Gasteiger charge is -2.17. The minimum absolute atomic E-state index is 0.00270. The SMILES string of the molecule is Cc1ccc(-c2cc(Cl)ccc2OCc2ccc(Br)cc2F)n1-c1cc(O)cc(C(=O)O)c1. The summed E-state index contributed by atoms with van der Waals surface area (Å²) in [7, 11) is 0. The average molecular weight is 531 g/mol. The van der Waals surface area contributed by atoms with Crippen LogP contribution in [-0.2, 0) is 6.61 Å². The molecule has 2 N–H and O–H groups in total. The zero-order chi connectivity index (χ0) is 23.7. The Morgan fingerprint density at radius 1 is 1.09 bits per heavy atom. The number of hydrogen-bond acceptors (Lipinski definition) is 3. The molecule has 4 aromatic rings. The maximum absolute atomic E-state index is 14.3. The van der Waals surface area contributed by atoms with Crippen molar-refractivity contribution in [2.75, 3.05) is 0 Å². The number of aryl methyl sites for hydroxylation is 1.